The van der Waals surface area contributed by atoms with Crippen molar-refractivity contribution in [2.24, 2.45) is 7.05 Å². The Morgan fingerprint density at radius 2 is 1.45 bits per heavy atom. The lowest BCUT2D eigenvalue weighted by Gasteiger charge is -2.16. The van der Waals surface area contributed by atoms with Crippen molar-refractivity contribution in [3.8, 4) is 5.69 Å². The van der Waals surface area contributed by atoms with Gasteiger partial charge in [-0.3, -0.25) is 0 Å². The Balaban J connectivity index is 2.71. The molecule has 0 fully saturated rings. The van der Waals surface area contributed by atoms with Crippen LogP contribution in [0.25, 0.3) is 5.69 Å². The summed E-state index contributed by atoms with van der Waals surface area (Å²) in [6, 6.07) is 6.73. The zero-order valence-corrected chi connectivity index (χ0v) is 15.4. The van der Waals surface area contributed by atoms with Gasteiger partial charge >= 0.3 is 0 Å². The molecule has 2 rings (SSSR count). The van der Waals surface area contributed by atoms with Gasteiger partial charge in [0.15, 0.2) is 0 Å². The van der Waals surface area contributed by atoms with Gasteiger partial charge in [-0.05, 0) is 11.8 Å². The second kappa shape index (κ2) is 5.91. The normalized spacial score (nSPS) is 12.5. The van der Waals surface area contributed by atoms with E-state index in [1.54, 1.807) is 0 Å². The van der Waals surface area contributed by atoms with E-state index in [1.807, 2.05) is 0 Å². The van der Waals surface area contributed by atoms with Crippen molar-refractivity contribution in [1.29, 1.82) is 0 Å². The van der Waals surface area contributed by atoms with E-state index in [1.165, 1.54) is 22.5 Å². The number of rotatable bonds is 3. The molecule has 0 spiro atoms. The van der Waals surface area contributed by atoms with Gasteiger partial charge in [0.25, 0.3) is 0 Å². The topological polar surface area (TPSA) is 8.81 Å². The van der Waals surface area contributed by atoms with Crippen LogP contribution in [0.15, 0.2) is 30.7 Å². The van der Waals surface area contributed by atoms with Gasteiger partial charge in [-0.1, -0.05) is 66.7 Å². The highest BCUT2D eigenvalue weighted by atomic mass is 15.1. The first kappa shape index (κ1) is 16.8. The standard InChI is InChI=1S/C20H31N2/c1-14(2)16-10-9-11-17(15(3)4)19(16)22-12-18(20(5,6)7)21(8)13-22/h9-15H,1-8H3/q+1. The maximum absolute atomic E-state index is 2.32. The predicted molar refractivity (Wildman–Crippen MR) is 93.8 cm³/mol. The minimum absolute atomic E-state index is 0.144. The summed E-state index contributed by atoms with van der Waals surface area (Å²) >= 11 is 0. The first-order valence-electron chi connectivity index (χ1n) is 8.34. The number of hydrogen-bond donors (Lipinski definition) is 0. The van der Waals surface area contributed by atoms with Gasteiger partial charge in [-0.2, -0.15) is 0 Å². The summed E-state index contributed by atoms with van der Waals surface area (Å²) in [6.45, 7) is 15.9. The summed E-state index contributed by atoms with van der Waals surface area (Å²) in [6.07, 6.45) is 4.51. The van der Waals surface area contributed by atoms with Crippen LogP contribution < -0.4 is 4.57 Å². The monoisotopic (exact) mass is 299 g/mol. The van der Waals surface area contributed by atoms with Crippen molar-refractivity contribution in [2.45, 2.75) is 65.7 Å². The molecule has 0 aliphatic carbocycles. The van der Waals surface area contributed by atoms with E-state index >= 15 is 0 Å². The van der Waals surface area contributed by atoms with Crippen molar-refractivity contribution in [3.63, 3.8) is 0 Å². The molecule has 0 unspecified atom stereocenters. The molecule has 0 saturated carbocycles. The smallest absolute Gasteiger partial charge is 0.236 e. The molecule has 0 aliphatic rings. The fourth-order valence-corrected chi connectivity index (χ4v) is 3.16. The molecule has 2 nitrogen and oxygen atoms in total. The Bertz CT molecular complexity index is 629. The van der Waals surface area contributed by atoms with Crippen LogP contribution in [0.1, 0.15) is 77.1 Å². The van der Waals surface area contributed by atoms with Crippen LogP contribution in [0.4, 0.5) is 0 Å². The molecule has 0 saturated heterocycles. The molecule has 120 valence electrons. The average Bonchev–Trinajstić information content (AvgIpc) is 2.79. The Morgan fingerprint density at radius 1 is 0.955 bits per heavy atom. The van der Waals surface area contributed by atoms with Gasteiger partial charge in [-0.15, -0.1) is 0 Å². The average molecular weight is 299 g/mol. The number of nitrogens with zero attached hydrogens (tertiary/aromatic N) is 2. The van der Waals surface area contributed by atoms with E-state index in [0.29, 0.717) is 11.8 Å². The number of para-hydroxylation sites is 1. The second-order valence-corrected chi connectivity index (χ2v) is 7.99. The van der Waals surface area contributed by atoms with E-state index in [9.17, 15) is 0 Å². The van der Waals surface area contributed by atoms with E-state index in [2.05, 4.69) is 95.4 Å². The molecule has 22 heavy (non-hydrogen) atoms. The molecule has 0 radical (unpaired) electrons. The Hall–Kier alpha value is -1.57. The molecule has 0 N–H and O–H groups in total. The Kier molecular flexibility index (Phi) is 4.51. The summed E-state index contributed by atoms with van der Waals surface area (Å²) in [4.78, 5) is 0. The molecule has 0 aliphatic heterocycles. The molecule has 0 bridgehead atoms. The van der Waals surface area contributed by atoms with E-state index < -0.39 is 0 Å². The van der Waals surface area contributed by atoms with E-state index in [-0.39, 0.29) is 5.41 Å². The highest BCUT2D eigenvalue weighted by Crippen LogP contribution is 2.29. The van der Waals surface area contributed by atoms with Crippen LogP contribution in [0.3, 0.4) is 0 Å². The number of aryl methyl sites for hydroxylation is 1. The Morgan fingerprint density at radius 3 is 1.82 bits per heavy atom. The Labute approximate surface area is 135 Å². The zero-order chi connectivity index (χ0) is 16.7. The maximum atomic E-state index is 2.32. The van der Waals surface area contributed by atoms with Gasteiger partial charge < -0.3 is 0 Å². The van der Waals surface area contributed by atoms with Gasteiger partial charge in [0.1, 0.15) is 17.6 Å². The van der Waals surface area contributed by atoms with Gasteiger partial charge in [0, 0.05) is 16.5 Å². The van der Waals surface area contributed by atoms with Crippen LogP contribution >= 0.6 is 0 Å². The predicted octanol–water partition coefficient (Wildman–Crippen LogP) is 4.85. The molecule has 2 heteroatoms. The third kappa shape index (κ3) is 3.11. The van der Waals surface area contributed by atoms with Gasteiger partial charge in [0.05, 0.1) is 7.05 Å². The lowest BCUT2D eigenvalue weighted by Crippen LogP contribution is -2.32. The number of benzene rings is 1. The second-order valence-electron chi connectivity index (χ2n) is 7.99. The summed E-state index contributed by atoms with van der Waals surface area (Å²) in [5.41, 5.74) is 5.69. The SMILES string of the molecule is CC(C)c1cccc(C(C)C)c1-[n+]1cc(C(C)(C)C)n(C)c1. The maximum Gasteiger partial charge on any atom is 0.249 e. The highest BCUT2D eigenvalue weighted by Gasteiger charge is 2.27. The number of aromatic nitrogens is 2. The quantitative estimate of drug-likeness (QED) is 0.717. The number of imidazole rings is 1. The molecule has 1 heterocycles. The lowest BCUT2D eigenvalue weighted by atomic mass is 9.91. The summed E-state index contributed by atoms with van der Waals surface area (Å²) in [5.74, 6) is 1.03. The van der Waals surface area contributed by atoms with Crippen molar-refractivity contribution in [3.05, 3.63) is 47.5 Å². The molecule has 2 aromatic rings. The summed E-state index contributed by atoms with van der Waals surface area (Å²) < 4.78 is 4.58. The van der Waals surface area contributed by atoms with E-state index in [4.69, 9.17) is 0 Å². The lowest BCUT2D eigenvalue weighted by molar-refractivity contribution is -0.596. The summed E-state index contributed by atoms with van der Waals surface area (Å²) in [7, 11) is 2.14. The van der Waals surface area contributed by atoms with Crippen LogP contribution in [-0.4, -0.2) is 4.57 Å². The largest absolute Gasteiger partial charge is 0.249 e. The van der Waals surface area contributed by atoms with Crippen LogP contribution in [0.5, 0.6) is 0 Å². The van der Waals surface area contributed by atoms with Crippen LogP contribution in [0.2, 0.25) is 0 Å². The first-order chi connectivity index (χ1) is 10.1. The third-order valence-electron chi connectivity index (χ3n) is 4.31. The van der Waals surface area contributed by atoms with Crippen molar-refractivity contribution >= 4 is 0 Å². The van der Waals surface area contributed by atoms with Gasteiger partial charge in [0.2, 0.25) is 6.33 Å². The zero-order valence-electron chi connectivity index (χ0n) is 15.4. The molecular weight excluding hydrogens is 268 g/mol. The van der Waals surface area contributed by atoms with Crippen molar-refractivity contribution < 1.29 is 4.57 Å². The van der Waals surface area contributed by atoms with Gasteiger partial charge in [-0.25, -0.2) is 9.13 Å². The fourth-order valence-electron chi connectivity index (χ4n) is 3.16. The highest BCUT2D eigenvalue weighted by molar-refractivity contribution is 5.45. The van der Waals surface area contributed by atoms with Crippen LogP contribution in [0, 0.1) is 0 Å². The van der Waals surface area contributed by atoms with Crippen molar-refractivity contribution in [2.75, 3.05) is 0 Å². The number of hydrogen-bond acceptors (Lipinski definition) is 0. The molecular formula is C20H31N2+. The first-order valence-corrected chi connectivity index (χ1v) is 8.34. The molecule has 0 atom stereocenters. The molecule has 0 amide bonds. The molecule has 1 aromatic heterocycles. The third-order valence-corrected chi connectivity index (χ3v) is 4.31. The molecule has 1 aromatic carbocycles. The minimum atomic E-state index is 0.144. The van der Waals surface area contributed by atoms with Crippen molar-refractivity contribution in [1.82, 2.24) is 4.57 Å². The van der Waals surface area contributed by atoms with E-state index in [0.717, 1.165) is 0 Å². The summed E-state index contributed by atoms with van der Waals surface area (Å²) in [5, 5.41) is 0. The van der Waals surface area contributed by atoms with Crippen LogP contribution in [-0.2, 0) is 12.5 Å². The fraction of sp³-hybridized carbons (Fsp3) is 0.550. The minimum Gasteiger partial charge on any atom is -0.236 e.